The lowest BCUT2D eigenvalue weighted by Gasteiger charge is -2.16. The number of carbonyl (C=O) groups is 1. The topological polar surface area (TPSA) is 39.2 Å². The SMILES string of the molecule is Cc1ccc2ccc(OC(=O)C(C)(C)C)cc2n1. The van der Waals surface area contributed by atoms with Crippen molar-refractivity contribution in [2.24, 2.45) is 5.41 Å². The molecule has 0 bridgehead atoms. The van der Waals surface area contributed by atoms with Crippen LogP contribution in [0.1, 0.15) is 26.5 Å². The summed E-state index contributed by atoms with van der Waals surface area (Å²) in [6.07, 6.45) is 0. The monoisotopic (exact) mass is 243 g/mol. The van der Waals surface area contributed by atoms with Crippen molar-refractivity contribution in [3.63, 3.8) is 0 Å². The van der Waals surface area contributed by atoms with Crippen LogP contribution in [0.5, 0.6) is 5.75 Å². The highest BCUT2D eigenvalue weighted by Gasteiger charge is 2.23. The van der Waals surface area contributed by atoms with E-state index in [0.29, 0.717) is 5.75 Å². The van der Waals surface area contributed by atoms with Crippen LogP contribution in [0.25, 0.3) is 10.9 Å². The summed E-state index contributed by atoms with van der Waals surface area (Å²) < 4.78 is 5.35. The van der Waals surface area contributed by atoms with Gasteiger partial charge in [0, 0.05) is 17.1 Å². The van der Waals surface area contributed by atoms with Crippen LogP contribution < -0.4 is 4.74 Å². The van der Waals surface area contributed by atoms with E-state index in [1.165, 1.54) is 0 Å². The highest BCUT2D eigenvalue weighted by Crippen LogP contribution is 2.23. The average Bonchev–Trinajstić information content (AvgIpc) is 2.27. The van der Waals surface area contributed by atoms with Gasteiger partial charge in [-0.1, -0.05) is 6.07 Å². The zero-order valence-corrected chi connectivity index (χ0v) is 11.2. The van der Waals surface area contributed by atoms with E-state index in [1.54, 1.807) is 12.1 Å². The fourth-order valence-electron chi connectivity index (χ4n) is 1.52. The number of hydrogen-bond donors (Lipinski definition) is 0. The fraction of sp³-hybridized carbons (Fsp3) is 0.333. The summed E-state index contributed by atoms with van der Waals surface area (Å²) in [6, 6.07) is 9.47. The molecule has 1 aromatic heterocycles. The predicted molar refractivity (Wildman–Crippen MR) is 71.6 cm³/mol. The van der Waals surface area contributed by atoms with Gasteiger partial charge in [-0.25, -0.2) is 0 Å². The average molecular weight is 243 g/mol. The van der Waals surface area contributed by atoms with E-state index in [-0.39, 0.29) is 5.97 Å². The fourth-order valence-corrected chi connectivity index (χ4v) is 1.52. The van der Waals surface area contributed by atoms with Crippen LogP contribution in [0.3, 0.4) is 0 Å². The van der Waals surface area contributed by atoms with Crippen molar-refractivity contribution in [1.82, 2.24) is 4.98 Å². The first-order chi connectivity index (χ1) is 8.36. The molecule has 18 heavy (non-hydrogen) atoms. The third kappa shape index (κ3) is 2.67. The number of hydrogen-bond acceptors (Lipinski definition) is 3. The molecule has 0 spiro atoms. The number of esters is 1. The van der Waals surface area contributed by atoms with Crippen molar-refractivity contribution in [3.05, 3.63) is 36.0 Å². The highest BCUT2D eigenvalue weighted by molar-refractivity contribution is 5.82. The lowest BCUT2D eigenvalue weighted by Crippen LogP contribution is -2.25. The predicted octanol–water partition coefficient (Wildman–Crippen LogP) is 3.49. The molecule has 3 heteroatoms. The lowest BCUT2D eigenvalue weighted by atomic mass is 9.97. The van der Waals surface area contributed by atoms with Crippen LogP contribution in [-0.4, -0.2) is 11.0 Å². The smallest absolute Gasteiger partial charge is 0.316 e. The van der Waals surface area contributed by atoms with Gasteiger partial charge in [0.1, 0.15) is 5.75 Å². The van der Waals surface area contributed by atoms with Crippen molar-refractivity contribution >= 4 is 16.9 Å². The molecule has 0 atom stereocenters. The molecular formula is C15H17NO2. The molecule has 3 nitrogen and oxygen atoms in total. The van der Waals surface area contributed by atoms with E-state index in [9.17, 15) is 4.79 Å². The summed E-state index contributed by atoms with van der Waals surface area (Å²) in [5, 5.41) is 1.04. The van der Waals surface area contributed by atoms with Gasteiger partial charge in [0.05, 0.1) is 10.9 Å². The summed E-state index contributed by atoms with van der Waals surface area (Å²) >= 11 is 0. The number of ether oxygens (including phenoxy) is 1. The van der Waals surface area contributed by atoms with Crippen molar-refractivity contribution in [1.29, 1.82) is 0 Å². The molecular weight excluding hydrogens is 226 g/mol. The quantitative estimate of drug-likeness (QED) is 0.568. The summed E-state index contributed by atoms with van der Waals surface area (Å²) in [6.45, 7) is 7.43. The Morgan fingerprint density at radius 3 is 2.50 bits per heavy atom. The summed E-state index contributed by atoms with van der Waals surface area (Å²) in [7, 11) is 0. The van der Waals surface area contributed by atoms with Crippen LogP contribution in [-0.2, 0) is 4.79 Å². The van der Waals surface area contributed by atoms with Crippen LogP contribution in [0, 0.1) is 12.3 Å². The molecule has 0 radical (unpaired) electrons. The molecule has 2 aromatic rings. The zero-order chi connectivity index (χ0) is 13.3. The van der Waals surface area contributed by atoms with E-state index in [0.717, 1.165) is 16.6 Å². The van der Waals surface area contributed by atoms with Crippen LogP contribution >= 0.6 is 0 Å². The van der Waals surface area contributed by atoms with Gasteiger partial charge >= 0.3 is 5.97 Å². The molecule has 0 unspecified atom stereocenters. The van der Waals surface area contributed by atoms with E-state index >= 15 is 0 Å². The Hall–Kier alpha value is -1.90. The minimum absolute atomic E-state index is 0.241. The van der Waals surface area contributed by atoms with Gasteiger partial charge in [-0.15, -0.1) is 0 Å². The highest BCUT2D eigenvalue weighted by atomic mass is 16.5. The van der Waals surface area contributed by atoms with Gasteiger partial charge < -0.3 is 4.74 Å². The van der Waals surface area contributed by atoms with Crippen molar-refractivity contribution in [2.75, 3.05) is 0 Å². The van der Waals surface area contributed by atoms with Crippen molar-refractivity contribution < 1.29 is 9.53 Å². The van der Waals surface area contributed by atoms with Gasteiger partial charge in [-0.05, 0) is 45.9 Å². The second kappa shape index (κ2) is 4.41. The van der Waals surface area contributed by atoms with Gasteiger partial charge in [0.25, 0.3) is 0 Å². The molecule has 0 saturated heterocycles. The van der Waals surface area contributed by atoms with Gasteiger partial charge in [0.15, 0.2) is 0 Å². The van der Waals surface area contributed by atoms with E-state index < -0.39 is 5.41 Å². The molecule has 0 aliphatic heterocycles. The maximum absolute atomic E-state index is 11.8. The number of benzene rings is 1. The molecule has 1 heterocycles. The Balaban J connectivity index is 2.33. The molecule has 1 aromatic carbocycles. The number of nitrogens with zero attached hydrogens (tertiary/aromatic N) is 1. The van der Waals surface area contributed by atoms with Crippen molar-refractivity contribution in [2.45, 2.75) is 27.7 Å². The Kier molecular flexibility index (Phi) is 3.07. The van der Waals surface area contributed by atoms with E-state index in [1.807, 2.05) is 45.9 Å². The maximum Gasteiger partial charge on any atom is 0.316 e. The number of aromatic nitrogens is 1. The molecule has 0 amide bonds. The van der Waals surface area contributed by atoms with Gasteiger partial charge in [0.2, 0.25) is 0 Å². The van der Waals surface area contributed by atoms with E-state index in [2.05, 4.69) is 4.98 Å². The number of carbonyl (C=O) groups excluding carboxylic acids is 1. The summed E-state index contributed by atoms with van der Waals surface area (Å²) in [5.41, 5.74) is 1.28. The zero-order valence-electron chi connectivity index (χ0n) is 11.2. The number of pyridine rings is 1. The van der Waals surface area contributed by atoms with Crippen LogP contribution in [0.15, 0.2) is 30.3 Å². The molecule has 0 fully saturated rings. The summed E-state index contributed by atoms with van der Waals surface area (Å²) in [4.78, 5) is 16.2. The first-order valence-corrected chi connectivity index (χ1v) is 5.96. The minimum atomic E-state index is -0.505. The van der Waals surface area contributed by atoms with Crippen molar-refractivity contribution in [3.8, 4) is 5.75 Å². The van der Waals surface area contributed by atoms with Crippen LogP contribution in [0.2, 0.25) is 0 Å². The second-order valence-electron chi connectivity index (χ2n) is 5.45. The number of fused-ring (bicyclic) bond motifs is 1. The molecule has 0 saturated carbocycles. The molecule has 2 rings (SSSR count). The molecule has 0 aliphatic rings. The first-order valence-electron chi connectivity index (χ1n) is 5.96. The summed E-state index contributed by atoms with van der Waals surface area (Å²) in [5.74, 6) is 0.301. The first kappa shape index (κ1) is 12.6. The number of rotatable bonds is 1. The molecule has 0 N–H and O–H groups in total. The maximum atomic E-state index is 11.8. The van der Waals surface area contributed by atoms with Crippen LogP contribution in [0.4, 0.5) is 0 Å². The Morgan fingerprint density at radius 2 is 1.83 bits per heavy atom. The minimum Gasteiger partial charge on any atom is -0.426 e. The standard InChI is InChI=1S/C15H17NO2/c1-10-5-6-11-7-8-12(9-13(11)16-10)18-14(17)15(2,3)4/h5-9H,1-4H3. The normalized spacial score (nSPS) is 11.6. The molecule has 0 aliphatic carbocycles. The van der Waals surface area contributed by atoms with Gasteiger partial charge in [-0.3, -0.25) is 9.78 Å². The lowest BCUT2D eigenvalue weighted by molar-refractivity contribution is -0.142. The Bertz CT molecular complexity index is 597. The third-order valence-corrected chi connectivity index (χ3v) is 2.63. The van der Waals surface area contributed by atoms with E-state index in [4.69, 9.17) is 4.74 Å². The largest absolute Gasteiger partial charge is 0.426 e. The Morgan fingerprint density at radius 1 is 1.17 bits per heavy atom. The second-order valence-corrected chi connectivity index (χ2v) is 5.45. The third-order valence-electron chi connectivity index (χ3n) is 2.63. The number of aryl methyl sites for hydroxylation is 1. The molecule has 94 valence electrons. The Labute approximate surface area is 107 Å². The van der Waals surface area contributed by atoms with Gasteiger partial charge in [-0.2, -0.15) is 0 Å².